The Bertz CT molecular complexity index is 605. The Morgan fingerprint density at radius 1 is 1.13 bits per heavy atom. The lowest BCUT2D eigenvalue weighted by Crippen LogP contribution is -2.45. The van der Waals surface area contributed by atoms with Gasteiger partial charge in [0.1, 0.15) is 5.75 Å². The van der Waals surface area contributed by atoms with Gasteiger partial charge in [0.05, 0.1) is 6.61 Å². The molecular weight excluding hydrogens is 380 g/mol. The molecule has 0 aliphatic heterocycles. The SMILES string of the molecule is CCOC(=O)C(C)(Cc1ccc(Cl)cc1)Oc1ccc(Br)cc1. The molecule has 0 bridgehead atoms. The molecule has 122 valence electrons. The summed E-state index contributed by atoms with van der Waals surface area (Å²) in [7, 11) is 0. The Kier molecular flexibility index (Phi) is 6.08. The van der Waals surface area contributed by atoms with E-state index in [9.17, 15) is 4.79 Å². The molecule has 0 N–H and O–H groups in total. The first-order chi connectivity index (χ1) is 10.9. The monoisotopic (exact) mass is 396 g/mol. The van der Waals surface area contributed by atoms with Crippen molar-refractivity contribution in [3.63, 3.8) is 0 Å². The lowest BCUT2D eigenvalue weighted by Gasteiger charge is -2.28. The van der Waals surface area contributed by atoms with E-state index in [4.69, 9.17) is 21.1 Å². The van der Waals surface area contributed by atoms with E-state index in [1.165, 1.54) is 0 Å². The Morgan fingerprint density at radius 2 is 1.74 bits per heavy atom. The lowest BCUT2D eigenvalue weighted by molar-refractivity contribution is -0.160. The summed E-state index contributed by atoms with van der Waals surface area (Å²) >= 11 is 9.29. The summed E-state index contributed by atoms with van der Waals surface area (Å²) in [5, 5.41) is 0.653. The molecule has 5 heteroatoms. The van der Waals surface area contributed by atoms with Gasteiger partial charge < -0.3 is 9.47 Å². The summed E-state index contributed by atoms with van der Waals surface area (Å²) in [5.74, 6) is 0.218. The van der Waals surface area contributed by atoms with E-state index in [1.807, 2.05) is 36.4 Å². The summed E-state index contributed by atoms with van der Waals surface area (Å²) in [6, 6.07) is 14.7. The summed E-state index contributed by atoms with van der Waals surface area (Å²) in [5.41, 5.74) is -0.167. The summed E-state index contributed by atoms with van der Waals surface area (Å²) < 4.78 is 12.1. The number of halogens is 2. The van der Waals surface area contributed by atoms with Crippen LogP contribution in [0.1, 0.15) is 19.4 Å². The molecule has 0 saturated heterocycles. The molecule has 2 aromatic rings. The smallest absolute Gasteiger partial charge is 0.350 e. The van der Waals surface area contributed by atoms with Crippen molar-refractivity contribution in [1.82, 2.24) is 0 Å². The van der Waals surface area contributed by atoms with Crippen LogP contribution in [0, 0.1) is 0 Å². The van der Waals surface area contributed by atoms with Gasteiger partial charge in [0, 0.05) is 15.9 Å². The highest BCUT2D eigenvalue weighted by Crippen LogP contribution is 2.26. The summed E-state index contributed by atoms with van der Waals surface area (Å²) in [6.45, 7) is 3.82. The van der Waals surface area contributed by atoms with Crippen LogP contribution in [0.25, 0.3) is 0 Å². The molecule has 0 radical (unpaired) electrons. The first-order valence-electron chi connectivity index (χ1n) is 7.29. The number of hydrogen-bond acceptors (Lipinski definition) is 3. The van der Waals surface area contributed by atoms with Gasteiger partial charge in [-0.1, -0.05) is 39.7 Å². The maximum Gasteiger partial charge on any atom is 0.350 e. The quantitative estimate of drug-likeness (QED) is 0.640. The third-order valence-electron chi connectivity index (χ3n) is 3.32. The molecule has 3 nitrogen and oxygen atoms in total. The number of rotatable bonds is 6. The maximum absolute atomic E-state index is 12.4. The third-order valence-corrected chi connectivity index (χ3v) is 4.10. The number of ether oxygens (including phenoxy) is 2. The fourth-order valence-electron chi connectivity index (χ4n) is 2.19. The highest BCUT2D eigenvalue weighted by atomic mass is 79.9. The second-order valence-corrected chi connectivity index (χ2v) is 6.66. The highest BCUT2D eigenvalue weighted by molar-refractivity contribution is 9.10. The molecule has 0 saturated carbocycles. The normalized spacial score (nSPS) is 13.2. The number of carbonyl (C=O) groups is 1. The predicted octanol–water partition coefficient (Wildman–Crippen LogP) is 5.05. The second-order valence-electron chi connectivity index (χ2n) is 5.31. The van der Waals surface area contributed by atoms with Gasteiger partial charge in [0.15, 0.2) is 0 Å². The average Bonchev–Trinajstić information content (AvgIpc) is 2.52. The van der Waals surface area contributed by atoms with Crippen molar-refractivity contribution in [3.05, 3.63) is 63.6 Å². The number of carbonyl (C=O) groups excluding carboxylic acids is 1. The number of benzene rings is 2. The lowest BCUT2D eigenvalue weighted by atomic mass is 9.96. The zero-order valence-corrected chi connectivity index (χ0v) is 15.4. The molecule has 0 aliphatic carbocycles. The average molecular weight is 398 g/mol. The van der Waals surface area contributed by atoms with E-state index in [0.29, 0.717) is 23.8 Å². The molecule has 2 aromatic carbocycles. The van der Waals surface area contributed by atoms with Gasteiger partial charge in [0.2, 0.25) is 5.60 Å². The van der Waals surface area contributed by atoms with E-state index in [-0.39, 0.29) is 0 Å². The van der Waals surface area contributed by atoms with Crippen molar-refractivity contribution >= 4 is 33.5 Å². The molecule has 0 fully saturated rings. The molecule has 0 amide bonds. The Labute approximate surface area is 149 Å². The first-order valence-corrected chi connectivity index (χ1v) is 8.46. The second kappa shape index (κ2) is 7.84. The molecule has 0 aromatic heterocycles. The van der Waals surface area contributed by atoms with Crippen molar-refractivity contribution in [2.24, 2.45) is 0 Å². The number of esters is 1. The van der Waals surface area contributed by atoms with Crippen molar-refractivity contribution in [2.75, 3.05) is 6.61 Å². The summed E-state index contributed by atoms with van der Waals surface area (Å²) in [6.07, 6.45) is 0.388. The highest BCUT2D eigenvalue weighted by Gasteiger charge is 2.37. The van der Waals surface area contributed by atoms with Gasteiger partial charge in [0.25, 0.3) is 0 Å². The van der Waals surface area contributed by atoms with E-state index in [1.54, 1.807) is 26.0 Å². The van der Waals surface area contributed by atoms with Crippen LogP contribution in [0.5, 0.6) is 5.75 Å². The molecule has 2 rings (SSSR count). The minimum Gasteiger partial charge on any atom is -0.476 e. The van der Waals surface area contributed by atoms with Crippen LogP contribution in [-0.4, -0.2) is 18.2 Å². The molecule has 1 unspecified atom stereocenters. The Morgan fingerprint density at radius 3 is 2.30 bits per heavy atom. The fourth-order valence-corrected chi connectivity index (χ4v) is 2.58. The largest absolute Gasteiger partial charge is 0.476 e. The zero-order valence-electron chi connectivity index (χ0n) is 13.0. The van der Waals surface area contributed by atoms with Gasteiger partial charge in [-0.25, -0.2) is 4.79 Å². The predicted molar refractivity (Wildman–Crippen MR) is 95.0 cm³/mol. The standard InChI is InChI=1S/C18H18BrClO3/c1-3-22-17(21)18(2,12-13-4-8-15(20)9-5-13)23-16-10-6-14(19)7-11-16/h4-11H,3,12H2,1-2H3. The van der Waals surface area contributed by atoms with Gasteiger partial charge in [-0.05, 0) is 55.8 Å². The number of hydrogen-bond donors (Lipinski definition) is 0. The fraction of sp³-hybridized carbons (Fsp3) is 0.278. The van der Waals surface area contributed by atoms with E-state index < -0.39 is 11.6 Å². The van der Waals surface area contributed by atoms with Gasteiger partial charge in [-0.3, -0.25) is 0 Å². The minimum absolute atomic E-state index is 0.304. The van der Waals surface area contributed by atoms with E-state index >= 15 is 0 Å². The van der Waals surface area contributed by atoms with Gasteiger partial charge in [-0.15, -0.1) is 0 Å². The van der Waals surface area contributed by atoms with Crippen molar-refractivity contribution in [1.29, 1.82) is 0 Å². The van der Waals surface area contributed by atoms with Crippen LogP contribution in [-0.2, 0) is 16.0 Å². The maximum atomic E-state index is 12.4. The molecule has 0 spiro atoms. The van der Waals surface area contributed by atoms with Crippen LogP contribution >= 0.6 is 27.5 Å². The summed E-state index contributed by atoms with van der Waals surface area (Å²) in [4.78, 5) is 12.4. The van der Waals surface area contributed by atoms with Crippen molar-refractivity contribution in [3.8, 4) is 5.75 Å². The van der Waals surface area contributed by atoms with E-state index in [0.717, 1.165) is 10.0 Å². The molecular formula is C18H18BrClO3. The van der Waals surface area contributed by atoms with Gasteiger partial charge >= 0.3 is 5.97 Å². The topological polar surface area (TPSA) is 35.5 Å². The Hall–Kier alpha value is -1.52. The Balaban J connectivity index is 2.25. The minimum atomic E-state index is -1.11. The van der Waals surface area contributed by atoms with Crippen LogP contribution in [0.15, 0.2) is 53.0 Å². The van der Waals surface area contributed by atoms with Crippen LogP contribution in [0.3, 0.4) is 0 Å². The van der Waals surface area contributed by atoms with Crippen LogP contribution < -0.4 is 4.74 Å². The molecule has 0 aliphatic rings. The van der Waals surface area contributed by atoms with Gasteiger partial charge in [-0.2, -0.15) is 0 Å². The zero-order chi connectivity index (χ0) is 16.9. The molecule has 1 atom stereocenters. The van der Waals surface area contributed by atoms with Crippen LogP contribution in [0.2, 0.25) is 5.02 Å². The third kappa shape index (κ3) is 4.98. The molecule has 0 heterocycles. The van der Waals surface area contributed by atoms with E-state index in [2.05, 4.69) is 15.9 Å². The van der Waals surface area contributed by atoms with Crippen molar-refractivity contribution < 1.29 is 14.3 Å². The van der Waals surface area contributed by atoms with Crippen molar-refractivity contribution in [2.45, 2.75) is 25.9 Å². The molecule has 23 heavy (non-hydrogen) atoms. The first kappa shape index (κ1) is 17.8. The van der Waals surface area contributed by atoms with Crippen LogP contribution in [0.4, 0.5) is 0 Å².